The Morgan fingerprint density at radius 3 is 2.17 bits per heavy atom. The van der Waals surface area contributed by atoms with E-state index in [0.29, 0.717) is 19.2 Å². The number of carbonyl (C=O) groups excluding carboxylic acids is 1. The number of alkyl halides is 1. The molecule has 1 atom stereocenters. The molecule has 136 valence electrons. The summed E-state index contributed by atoms with van der Waals surface area (Å²) in [6.45, 7) is 13.3. The standard InChI is InChI=1S/C18H34INO3/c1-7-20(16(21)23-17(3,4)5)13-18(6,12-19)22-15-10-8-14(2)9-11-15/h14-15H,7-13H2,1-6H3. The zero-order valence-corrected chi connectivity index (χ0v) is 17.8. The number of amides is 1. The Labute approximate surface area is 155 Å². The monoisotopic (exact) mass is 439 g/mol. The summed E-state index contributed by atoms with van der Waals surface area (Å²) in [4.78, 5) is 14.1. The molecule has 0 spiro atoms. The third kappa shape index (κ3) is 7.59. The highest BCUT2D eigenvalue weighted by Gasteiger charge is 2.34. The Kier molecular flexibility index (Phi) is 8.11. The van der Waals surface area contributed by atoms with Crippen LogP contribution in [0.3, 0.4) is 0 Å². The first-order valence-electron chi connectivity index (χ1n) is 8.80. The van der Waals surface area contributed by atoms with E-state index < -0.39 is 5.60 Å². The summed E-state index contributed by atoms with van der Waals surface area (Å²) in [6, 6.07) is 0. The first-order chi connectivity index (χ1) is 10.6. The fourth-order valence-corrected chi connectivity index (χ4v) is 3.32. The van der Waals surface area contributed by atoms with Crippen molar-refractivity contribution in [1.29, 1.82) is 0 Å². The number of halogens is 1. The van der Waals surface area contributed by atoms with Crippen molar-refractivity contribution in [2.75, 3.05) is 17.5 Å². The molecule has 1 rings (SSSR count). The van der Waals surface area contributed by atoms with Crippen molar-refractivity contribution in [2.24, 2.45) is 5.92 Å². The zero-order chi connectivity index (χ0) is 17.7. The van der Waals surface area contributed by atoms with Gasteiger partial charge in [0.05, 0.1) is 18.2 Å². The van der Waals surface area contributed by atoms with E-state index in [-0.39, 0.29) is 11.7 Å². The highest BCUT2D eigenvalue weighted by Crippen LogP contribution is 2.30. The average Bonchev–Trinajstić information content (AvgIpc) is 2.45. The lowest BCUT2D eigenvalue weighted by Crippen LogP contribution is -2.49. The lowest BCUT2D eigenvalue weighted by Gasteiger charge is -2.39. The molecule has 0 saturated heterocycles. The van der Waals surface area contributed by atoms with Gasteiger partial charge in [-0.15, -0.1) is 0 Å². The van der Waals surface area contributed by atoms with Gasteiger partial charge in [-0.2, -0.15) is 0 Å². The second-order valence-electron chi connectivity index (χ2n) is 8.08. The van der Waals surface area contributed by atoms with Gasteiger partial charge in [-0.1, -0.05) is 29.5 Å². The molecule has 0 bridgehead atoms. The summed E-state index contributed by atoms with van der Waals surface area (Å²) in [5.74, 6) is 0.814. The van der Waals surface area contributed by atoms with Crippen molar-refractivity contribution in [3.05, 3.63) is 0 Å². The van der Waals surface area contributed by atoms with E-state index in [1.165, 1.54) is 12.8 Å². The normalized spacial score (nSPS) is 24.8. The Morgan fingerprint density at radius 2 is 1.74 bits per heavy atom. The molecule has 0 aliphatic heterocycles. The summed E-state index contributed by atoms with van der Waals surface area (Å²) >= 11 is 2.36. The second-order valence-corrected chi connectivity index (χ2v) is 8.84. The maximum Gasteiger partial charge on any atom is 0.410 e. The number of hydrogen-bond donors (Lipinski definition) is 0. The van der Waals surface area contributed by atoms with E-state index in [4.69, 9.17) is 9.47 Å². The minimum atomic E-state index is -0.467. The van der Waals surface area contributed by atoms with Crippen molar-refractivity contribution in [2.45, 2.75) is 84.5 Å². The molecule has 0 N–H and O–H groups in total. The van der Waals surface area contributed by atoms with E-state index in [0.717, 1.165) is 23.2 Å². The van der Waals surface area contributed by atoms with E-state index in [2.05, 4.69) is 36.4 Å². The molecule has 0 radical (unpaired) electrons. The molecule has 1 unspecified atom stereocenters. The molecule has 23 heavy (non-hydrogen) atoms. The highest BCUT2D eigenvalue weighted by atomic mass is 127. The molecule has 1 aliphatic rings. The van der Waals surface area contributed by atoms with Gasteiger partial charge in [0.1, 0.15) is 5.60 Å². The molecular weight excluding hydrogens is 405 g/mol. The van der Waals surface area contributed by atoms with Crippen molar-refractivity contribution in [3.8, 4) is 0 Å². The SMILES string of the molecule is CCN(CC(C)(CI)OC1CCC(C)CC1)C(=O)OC(C)(C)C. The van der Waals surface area contributed by atoms with Crippen molar-refractivity contribution in [1.82, 2.24) is 4.90 Å². The van der Waals surface area contributed by atoms with Crippen LogP contribution in [0.15, 0.2) is 0 Å². The van der Waals surface area contributed by atoms with Crippen LogP contribution in [0.4, 0.5) is 4.79 Å². The fraction of sp³-hybridized carbons (Fsp3) is 0.944. The van der Waals surface area contributed by atoms with E-state index in [9.17, 15) is 4.79 Å². The summed E-state index contributed by atoms with van der Waals surface area (Å²) in [5.41, 5.74) is -0.787. The van der Waals surface area contributed by atoms with Crippen molar-refractivity contribution in [3.63, 3.8) is 0 Å². The number of nitrogens with zero attached hydrogens (tertiary/aromatic N) is 1. The summed E-state index contributed by atoms with van der Waals surface area (Å²) in [7, 11) is 0. The summed E-state index contributed by atoms with van der Waals surface area (Å²) < 4.78 is 12.8. The van der Waals surface area contributed by atoms with Crippen LogP contribution >= 0.6 is 22.6 Å². The largest absolute Gasteiger partial charge is 0.444 e. The molecule has 0 aromatic heterocycles. The van der Waals surface area contributed by atoms with Crippen molar-refractivity contribution >= 4 is 28.7 Å². The molecule has 1 amide bonds. The van der Waals surface area contributed by atoms with Crippen LogP contribution in [0, 0.1) is 5.92 Å². The zero-order valence-electron chi connectivity index (χ0n) is 15.7. The van der Waals surface area contributed by atoms with E-state index in [1.807, 2.05) is 27.7 Å². The van der Waals surface area contributed by atoms with Crippen LogP contribution < -0.4 is 0 Å². The van der Waals surface area contributed by atoms with Crippen LogP contribution in [0.1, 0.15) is 67.2 Å². The number of likely N-dealkylation sites (N-methyl/N-ethyl adjacent to an activating group) is 1. The maximum atomic E-state index is 12.4. The van der Waals surface area contributed by atoms with Gasteiger partial charge < -0.3 is 14.4 Å². The Bertz CT molecular complexity index is 375. The topological polar surface area (TPSA) is 38.8 Å². The van der Waals surface area contributed by atoms with E-state index >= 15 is 0 Å². The Hall–Kier alpha value is -0.0400. The molecule has 1 aliphatic carbocycles. The van der Waals surface area contributed by atoms with Gasteiger partial charge in [0.2, 0.25) is 0 Å². The van der Waals surface area contributed by atoms with Crippen LogP contribution in [-0.4, -0.2) is 45.8 Å². The molecular formula is C18H34INO3. The fourth-order valence-electron chi connectivity index (χ4n) is 2.90. The van der Waals surface area contributed by atoms with Crippen LogP contribution in [0.5, 0.6) is 0 Å². The minimum absolute atomic E-state index is 0.253. The molecule has 0 aromatic rings. The average molecular weight is 439 g/mol. The number of carbonyl (C=O) groups is 1. The summed E-state index contributed by atoms with van der Waals surface area (Å²) in [5, 5.41) is 0. The quantitative estimate of drug-likeness (QED) is 0.430. The lowest BCUT2D eigenvalue weighted by atomic mass is 9.88. The smallest absolute Gasteiger partial charge is 0.410 e. The molecule has 0 heterocycles. The van der Waals surface area contributed by atoms with Crippen LogP contribution in [0.25, 0.3) is 0 Å². The predicted octanol–water partition coefficient (Wildman–Crippen LogP) is 5.03. The molecule has 1 saturated carbocycles. The van der Waals surface area contributed by atoms with Gasteiger partial charge in [-0.05, 0) is 66.2 Å². The number of rotatable bonds is 6. The molecule has 4 nitrogen and oxygen atoms in total. The third-order valence-electron chi connectivity index (χ3n) is 4.26. The van der Waals surface area contributed by atoms with Crippen LogP contribution in [0.2, 0.25) is 0 Å². The molecule has 1 fully saturated rings. The Balaban J connectivity index is 2.65. The van der Waals surface area contributed by atoms with Crippen molar-refractivity contribution < 1.29 is 14.3 Å². The number of hydrogen-bond acceptors (Lipinski definition) is 3. The Morgan fingerprint density at radius 1 is 1.17 bits per heavy atom. The highest BCUT2D eigenvalue weighted by molar-refractivity contribution is 14.1. The first kappa shape index (κ1) is 21.0. The van der Waals surface area contributed by atoms with Gasteiger partial charge in [0, 0.05) is 11.0 Å². The molecule has 0 aromatic carbocycles. The van der Waals surface area contributed by atoms with Gasteiger partial charge in [-0.3, -0.25) is 0 Å². The first-order valence-corrected chi connectivity index (χ1v) is 10.3. The second kappa shape index (κ2) is 8.88. The van der Waals surface area contributed by atoms with E-state index in [1.54, 1.807) is 4.90 Å². The summed E-state index contributed by atoms with van der Waals surface area (Å²) in [6.07, 6.45) is 4.81. The third-order valence-corrected chi connectivity index (χ3v) is 5.87. The molecule has 5 heteroatoms. The number of ether oxygens (including phenoxy) is 2. The van der Waals surface area contributed by atoms with Crippen LogP contribution in [-0.2, 0) is 9.47 Å². The van der Waals surface area contributed by atoms with Gasteiger partial charge in [0.25, 0.3) is 0 Å². The minimum Gasteiger partial charge on any atom is -0.444 e. The van der Waals surface area contributed by atoms with Gasteiger partial charge in [-0.25, -0.2) is 4.79 Å². The maximum absolute atomic E-state index is 12.4. The lowest BCUT2D eigenvalue weighted by molar-refractivity contribution is -0.0967. The van der Waals surface area contributed by atoms with Gasteiger partial charge >= 0.3 is 6.09 Å². The van der Waals surface area contributed by atoms with Gasteiger partial charge in [0.15, 0.2) is 0 Å². The predicted molar refractivity (Wildman–Crippen MR) is 103 cm³/mol.